The van der Waals surface area contributed by atoms with E-state index in [1.54, 1.807) is 12.3 Å². The van der Waals surface area contributed by atoms with Crippen LogP contribution in [0.15, 0.2) is 30.0 Å². The first kappa shape index (κ1) is 21.2. The molecule has 1 N–H and O–H groups in total. The van der Waals surface area contributed by atoms with Gasteiger partial charge in [0.25, 0.3) is 5.91 Å². The van der Waals surface area contributed by atoms with Gasteiger partial charge in [-0.2, -0.15) is 13.2 Å². The molecule has 0 aliphatic carbocycles. The predicted octanol–water partition coefficient (Wildman–Crippen LogP) is 4.16. The zero-order chi connectivity index (χ0) is 22.0. The minimum atomic E-state index is -4.45. The van der Waals surface area contributed by atoms with Crippen molar-refractivity contribution in [3.63, 3.8) is 0 Å². The van der Waals surface area contributed by atoms with Crippen LogP contribution in [0.3, 0.4) is 0 Å². The average Bonchev–Trinajstić information content (AvgIpc) is 3.42. The summed E-state index contributed by atoms with van der Waals surface area (Å²) < 4.78 is 40.1. The number of piperidine rings is 1. The van der Waals surface area contributed by atoms with Gasteiger partial charge in [0.05, 0.1) is 11.9 Å². The lowest BCUT2D eigenvalue weighted by atomic mass is 10.1. The fourth-order valence-corrected chi connectivity index (χ4v) is 4.05. The van der Waals surface area contributed by atoms with Crippen molar-refractivity contribution in [2.24, 2.45) is 0 Å². The molecule has 1 aliphatic rings. The Morgan fingerprint density at radius 1 is 1.23 bits per heavy atom. The van der Waals surface area contributed by atoms with Crippen LogP contribution in [0, 0.1) is 0 Å². The molecule has 0 aromatic carbocycles. The van der Waals surface area contributed by atoms with E-state index >= 15 is 0 Å². The van der Waals surface area contributed by atoms with E-state index in [0.717, 1.165) is 60.8 Å². The standard InChI is InChI=1S/C19H20F3N7OS/c1-12(19(20,21)22)29-11-24-27-16(29)18-26-15(10-31-18)25-17(30)14-6-5-13(9-23-14)28-7-3-2-4-8-28/h5-6,9-12H,2-4,7-8H2,1H3,(H,25,30). The molecular weight excluding hydrogens is 431 g/mol. The number of halogens is 3. The average molecular weight is 451 g/mol. The summed E-state index contributed by atoms with van der Waals surface area (Å²) in [6.45, 7) is 2.97. The van der Waals surface area contributed by atoms with Crippen molar-refractivity contribution in [1.29, 1.82) is 0 Å². The number of carbonyl (C=O) groups is 1. The SMILES string of the molecule is CC(n1cnnc1-c1nc(NC(=O)c2ccc(N3CCCCC3)cn2)cs1)C(F)(F)F. The van der Waals surface area contributed by atoms with Crippen LogP contribution in [-0.2, 0) is 0 Å². The maximum absolute atomic E-state index is 13.1. The molecule has 164 valence electrons. The summed E-state index contributed by atoms with van der Waals surface area (Å²) in [5.41, 5.74) is 1.20. The molecule has 1 atom stereocenters. The van der Waals surface area contributed by atoms with Crippen LogP contribution in [0.1, 0.15) is 42.7 Å². The number of alkyl halides is 3. The third-order valence-electron chi connectivity index (χ3n) is 5.10. The highest BCUT2D eigenvalue weighted by Crippen LogP contribution is 2.34. The molecule has 4 rings (SSSR count). The van der Waals surface area contributed by atoms with E-state index in [1.165, 1.54) is 11.8 Å². The topological polar surface area (TPSA) is 88.8 Å². The Morgan fingerprint density at radius 2 is 2.00 bits per heavy atom. The van der Waals surface area contributed by atoms with E-state index in [0.29, 0.717) is 0 Å². The number of thiazole rings is 1. The number of hydrogen-bond donors (Lipinski definition) is 1. The van der Waals surface area contributed by atoms with Crippen molar-refractivity contribution in [2.45, 2.75) is 38.4 Å². The van der Waals surface area contributed by atoms with E-state index < -0.39 is 18.1 Å². The zero-order valence-corrected chi connectivity index (χ0v) is 17.4. The fourth-order valence-electron chi connectivity index (χ4n) is 3.31. The van der Waals surface area contributed by atoms with Gasteiger partial charge < -0.3 is 10.2 Å². The van der Waals surface area contributed by atoms with E-state index in [-0.39, 0.29) is 22.3 Å². The van der Waals surface area contributed by atoms with Crippen LogP contribution in [0.4, 0.5) is 24.7 Å². The van der Waals surface area contributed by atoms with Crippen molar-refractivity contribution in [1.82, 2.24) is 24.7 Å². The number of anilines is 2. The lowest BCUT2D eigenvalue weighted by Gasteiger charge is -2.28. The minimum Gasteiger partial charge on any atom is -0.370 e. The molecule has 0 saturated carbocycles. The lowest BCUT2D eigenvalue weighted by Crippen LogP contribution is -2.29. The molecule has 1 fully saturated rings. The highest BCUT2D eigenvalue weighted by molar-refractivity contribution is 7.13. The molecule has 1 saturated heterocycles. The van der Waals surface area contributed by atoms with Gasteiger partial charge in [-0.05, 0) is 38.3 Å². The van der Waals surface area contributed by atoms with Gasteiger partial charge in [0.15, 0.2) is 10.8 Å². The second kappa shape index (κ2) is 8.61. The molecule has 0 radical (unpaired) electrons. The van der Waals surface area contributed by atoms with Gasteiger partial charge in [-0.25, -0.2) is 9.97 Å². The van der Waals surface area contributed by atoms with Crippen molar-refractivity contribution in [2.75, 3.05) is 23.3 Å². The molecule has 12 heteroatoms. The Hall–Kier alpha value is -3.02. The van der Waals surface area contributed by atoms with Crippen molar-refractivity contribution < 1.29 is 18.0 Å². The molecule has 0 spiro atoms. The second-order valence-electron chi connectivity index (χ2n) is 7.22. The molecule has 8 nitrogen and oxygen atoms in total. The van der Waals surface area contributed by atoms with Gasteiger partial charge in [-0.3, -0.25) is 9.36 Å². The molecule has 3 aromatic rings. The highest BCUT2D eigenvalue weighted by Gasteiger charge is 2.39. The summed E-state index contributed by atoms with van der Waals surface area (Å²) in [5.74, 6) is -0.257. The van der Waals surface area contributed by atoms with E-state index in [2.05, 4.69) is 30.4 Å². The van der Waals surface area contributed by atoms with Gasteiger partial charge in [0.2, 0.25) is 0 Å². The quantitative estimate of drug-likeness (QED) is 0.627. The lowest BCUT2D eigenvalue weighted by molar-refractivity contribution is -0.162. The Kier molecular flexibility index (Phi) is 5.90. The predicted molar refractivity (Wildman–Crippen MR) is 110 cm³/mol. The number of carbonyl (C=O) groups excluding carboxylic acids is 1. The van der Waals surface area contributed by atoms with Gasteiger partial charge in [0.1, 0.15) is 23.9 Å². The van der Waals surface area contributed by atoms with Crippen LogP contribution in [0.25, 0.3) is 10.8 Å². The third-order valence-corrected chi connectivity index (χ3v) is 5.94. The maximum atomic E-state index is 13.1. The van der Waals surface area contributed by atoms with Gasteiger partial charge in [0, 0.05) is 18.5 Å². The summed E-state index contributed by atoms with van der Waals surface area (Å²) in [6, 6.07) is 1.71. The number of aromatic nitrogens is 5. The number of nitrogens with zero attached hydrogens (tertiary/aromatic N) is 6. The molecule has 1 amide bonds. The van der Waals surface area contributed by atoms with Crippen LogP contribution in [-0.4, -0.2) is 49.9 Å². The van der Waals surface area contributed by atoms with E-state index in [9.17, 15) is 18.0 Å². The Labute approximate surface area is 180 Å². The first-order valence-corrected chi connectivity index (χ1v) is 10.7. The molecule has 0 bridgehead atoms. The number of pyridine rings is 1. The Bertz CT molecular complexity index is 1040. The van der Waals surface area contributed by atoms with Gasteiger partial charge in [-0.1, -0.05) is 0 Å². The van der Waals surface area contributed by atoms with Gasteiger partial charge in [-0.15, -0.1) is 21.5 Å². The van der Waals surface area contributed by atoms with E-state index in [1.807, 2.05) is 6.07 Å². The summed E-state index contributed by atoms with van der Waals surface area (Å²) >= 11 is 1.06. The summed E-state index contributed by atoms with van der Waals surface area (Å²) in [6.07, 6.45) is 1.76. The molecule has 31 heavy (non-hydrogen) atoms. The zero-order valence-electron chi connectivity index (χ0n) is 16.6. The number of rotatable bonds is 5. The van der Waals surface area contributed by atoms with Crippen molar-refractivity contribution in [3.8, 4) is 10.8 Å². The third kappa shape index (κ3) is 4.68. The molecule has 4 heterocycles. The first-order chi connectivity index (χ1) is 14.8. The molecular formula is C19H20F3N7OS. The summed E-state index contributed by atoms with van der Waals surface area (Å²) in [7, 11) is 0. The van der Waals surface area contributed by atoms with Crippen molar-refractivity contribution in [3.05, 3.63) is 35.7 Å². The Morgan fingerprint density at radius 3 is 2.68 bits per heavy atom. The number of amides is 1. The number of nitrogens with one attached hydrogen (secondary N) is 1. The van der Waals surface area contributed by atoms with Crippen molar-refractivity contribution >= 4 is 28.7 Å². The summed E-state index contributed by atoms with van der Waals surface area (Å²) in [4.78, 5) is 23.2. The normalized spacial score (nSPS) is 15.7. The molecule has 1 unspecified atom stereocenters. The first-order valence-electron chi connectivity index (χ1n) is 9.77. The molecule has 1 aliphatic heterocycles. The van der Waals surface area contributed by atoms with Gasteiger partial charge >= 0.3 is 6.18 Å². The van der Waals surface area contributed by atoms with Crippen LogP contribution < -0.4 is 10.2 Å². The largest absolute Gasteiger partial charge is 0.408 e. The second-order valence-corrected chi connectivity index (χ2v) is 8.08. The van der Waals surface area contributed by atoms with E-state index in [4.69, 9.17) is 0 Å². The maximum Gasteiger partial charge on any atom is 0.408 e. The smallest absolute Gasteiger partial charge is 0.370 e. The molecule has 3 aromatic heterocycles. The highest BCUT2D eigenvalue weighted by atomic mass is 32.1. The minimum absolute atomic E-state index is 0.0145. The van der Waals surface area contributed by atoms with Crippen LogP contribution in [0.2, 0.25) is 0 Å². The van der Waals surface area contributed by atoms with Crippen LogP contribution in [0.5, 0.6) is 0 Å². The monoisotopic (exact) mass is 451 g/mol. The number of hydrogen-bond acceptors (Lipinski definition) is 7. The summed E-state index contributed by atoms with van der Waals surface area (Å²) in [5, 5.41) is 11.7. The fraction of sp³-hybridized carbons (Fsp3) is 0.421. The van der Waals surface area contributed by atoms with Crippen LogP contribution >= 0.6 is 11.3 Å². The Balaban J connectivity index is 1.45.